The van der Waals surface area contributed by atoms with Gasteiger partial charge in [0.1, 0.15) is 11.6 Å². The van der Waals surface area contributed by atoms with Gasteiger partial charge in [0.05, 0.1) is 6.10 Å². The van der Waals surface area contributed by atoms with E-state index in [1.807, 2.05) is 0 Å². The number of carboxylic acid groups (broad SMARTS) is 1. The van der Waals surface area contributed by atoms with Gasteiger partial charge in [-0.3, -0.25) is 0 Å². The zero-order valence-corrected chi connectivity index (χ0v) is 9.64. The lowest BCUT2D eigenvalue weighted by Crippen LogP contribution is -2.19. The molecule has 1 atom stereocenters. The second-order valence-corrected chi connectivity index (χ2v) is 4.01. The Morgan fingerprint density at radius 2 is 2.47 bits per heavy atom. The highest BCUT2D eigenvalue weighted by Crippen LogP contribution is 2.13. The SMILES string of the molecule is Cc1nc(NCC2CCCO2)cc(C(=O)O)n1. The van der Waals surface area contributed by atoms with Crippen molar-refractivity contribution < 1.29 is 14.6 Å². The third-order valence-electron chi connectivity index (χ3n) is 2.59. The molecule has 0 aromatic carbocycles. The molecule has 0 saturated carbocycles. The van der Waals surface area contributed by atoms with Crippen molar-refractivity contribution in [3.8, 4) is 0 Å². The highest BCUT2D eigenvalue weighted by molar-refractivity contribution is 5.86. The van der Waals surface area contributed by atoms with Crippen molar-refractivity contribution >= 4 is 11.8 Å². The van der Waals surface area contributed by atoms with E-state index in [1.165, 1.54) is 6.07 Å². The standard InChI is InChI=1S/C11H15N3O3/c1-7-13-9(11(15)16)5-10(14-7)12-6-8-3-2-4-17-8/h5,8H,2-4,6H2,1H3,(H,15,16)(H,12,13,14). The summed E-state index contributed by atoms with van der Waals surface area (Å²) in [6, 6.07) is 1.43. The zero-order chi connectivity index (χ0) is 12.3. The minimum absolute atomic E-state index is 0.00680. The first-order valence-electron chi connectivity index (χ1n) is 5.59. The number of hydrogen-bond acceptors (Lipinski definition) is 5. The van der Waals surface area contributed by atoms with Crippen LogP contribution in [0.15, 0.2) is 6.07 Å². The monoisotopic (exact) mass is 237 g/mol. The van der Waals surface area contributed by atoms with E-state index in [4.69, 9.17) is 9.84 Å². The molecule has 17 heavy (non-hydrogen) atoms. The van der Waals surface area contributed by atoms with E-state index in [9.17, 15) is 4.79 Å². The van der Waals surface area contributed by atoms with E-state index in [0.717, 1.165) is 19.4 Å². The van der Waals surface area contributed by atoms with Crippen LogP contribution in [0.4, 0.5) is 5.82 Å². The summed E-state index contributed by atoms with van der Waals surface area (Å²) in [5, 5.41) is 12.0. The number of aromatic nitrogens is 2. The van der Waals surface area contributed by atoms with Gasteiger partial charge < -0.3 is 15.2 Å². The average molecular weight is 237 g/mol. The molecule has 1 fully saturated rings. The van der Waals surface area contributed by atoms with Crippen LogP contribution in [0, 0.1) is 6.92 Å². The van der Waals surface area contributed by atoms with Crippen LogP contribution in [0.5, 0.6) is 0 Å². The summed E-state index contributed by atoms with van der Waals surface area (Å²) in [6.07, 6.45) is 2.30. The van der Waals surface area contributed by atoms with Crippen LogP contribution in [0.3, 0.4) is 0 Å². The number of anilines is 1. The van der Waals surface area contributed by atoms with Crippen molar-refractivity contribution in [1.82, 2.24) is 9.97 Å². The van der Waals surface area contributed by atoms with E-state index in [-0.39, 0.29) is 11.8 Å². The van der Waals surface area contributed by atoms with Crippen molar-refractivity contribution in [2.45, 2.75) is 25.9 Å². The fourth-order valence-electron chi connectivity index (χ4n) is 1.79. The molecule has 0 amide bonds. The van der Waals surface area contributed by atoms with Crippen molar-refractivity contribution in [3.05, 3.63) is 17.6 Å². The maximum Gasteiger partial charge on any atom is 0.354 e. The molecule has 0 radical (unpaired) electrons. The Morgan fingerprint density at radius 3 is 3.12 bits per heavy atom. The fraction of sp³-hybridized carbons (Fsp3) is 0.545. The van der Waals surface area contributed by atoms with Crippen molar-refractivity contribution in [3.63, 3.8) is 0 Å². The summed E-state index contributed by atoms with van der Waals surface area (Å²) in [5.74, 6) is -0.0687. The molecule has 1 aliphatic rings. The zero-order valence-electron chi connectivity index (χ0n) is 9.64. The van der Waals surface area contributed by atoms with E-state index in [2.05, 4.69) is 15.3 Å². The van der Waals surface area contributed by atoms with Crippen LogP contribution in [0.2, 0.25) is 0 Å². The molecule has 2 rings (SSSR count). The van der Waals surface area contributed by atoms with Crippen LogP contribution in [0.25, 0.3) is 0 Å². The molecule has 1 saturated heterocycles. The van der Waals surface area contributed by atoms with Crippen LogP contribution in [0.1, 0.15) is 29.2 Å². The number of carbonyl (C=O) groups is 1. The van der Waals surface area contributed by atoms with Crippen molar-refractivity contribution in [2.75, 3.05) is 18.5 Å². The predicted molar refractivity (Wildman–Crippen MR) is 61.2 cm³/mol. The lowest BCUT2D eigenvalue weighted by molar-refractivity contribution is 0.0690. The van der Waals surface area contributed by atoms with E-state index in [1.54, 1.807) is 6.92 Å². The minimum Gasteiger partial charge on any atom is -0.477 e. The Hall–Kier alpha value is -1.69. The average Bonchev–Trinajstić information content (AvgIpc) is 2.78. The number of carboxylic acids is 1. The Kier molecular flexibility index (Phi) is 3.53. The largest absolute Gasteiger partial charge is 0.477 e. The first kappa shape index (κ1) is 11.8. The fourth-order valence-corrected chi connectivity index (χ4v) is 1.79. The number of aromatic carboxylic acids is 1. The normalized spacial score (nSPS) is 19.2. The number of hydrogen-bond donors (Lipinski definition) is 2. The van der Waals surface area contributed by atoms with E-state index >= 15 is 0 Å². The van der Waals surface area contributed by atoms with E-state index in [0.29, 0.717) is 18.2 Å². The maximum absolute atomic E-state index is 10.8. The first-order valence-corrected chi connectivity index (χ1v) is 5.59. The Balaban J connectivity index is 2.01. The van der Waals surface area contributed by atoms with Crippen LogP contribution >= 0.6 is 0 Å². The summed E-state index contributed by atoms with van der Waals surface area (Å²) in [6.45, 7) is 3.12. The quantitative estimate of drug-likeness (QED) is 0.815. The molecule has 2 heterocycles. The second-order valence-electron chi connectivity index (χ2n) is 4.01. The summed E-state index contributed by atoms with van der Waals surface area (Å²) < 4.78 is 5.46. The van der Waals surface area contributed by atoms with Crippen molar-refractivity contribution in [1.29, 1.82) is 0 Å². The van der Waals surface area contributed by atoms with Gasteiger partial charge >= 0.3 is 5.97 Å². The van der Waals surface area contributed by atoms with Gasteiger partial charge in [0.15, 0.2) is 5.69 Å². The molecule has 6 heteroatoms. The number of rotatable bonds is 4. The van der Waals surface area contributed by atoms with Crippen LogP contribution < -0.4 is 5.32 Å². The summed E-state index contributed by atoms with van der Waals surface area (Å²) in [4.78, 5) is 18.8. The summed E-state index contributed by atoms with van der Waals surface area (Å²) in [7, 11) is 0. The third kappa shape index (κ3) is 3.13. The van der Waals surface area contributed by atoms with Crippen molar-refractivity contribution in [2.24, 2.45) is 0 Å². The molecule has 2 N–H and O–H groups in total. The molecule has 92 valence electrons. The first-order chi connectivity index (χ1) is 8.15. The lowest BCUT2D eigenvalue weighted by Gasteiger charge is -2.11. The van der Waals surface area contributed by atoms with Gasteiger partial charge in [-0.05, 0) is 19.8 Å². The molecular formula is C11H15N3O3. The van der Waals surface area contributed by atoms with Crippen LogP contribution in [-0.2, 0) is 4.74 Å². The number of nitrogens with one attached hydrogen (secondary N) is 1. The highest BCUT2D eigenvalue weighted by Gasteiger charge is 2.15. The third-order valence-corrected chi connectivity index (χ3v) is 2.59. The van der Waals surface area contributed by atoms with E-state index < -0.39 is 5.97 Å². The molecule has 1 aromatic heterocycles. The molecule has 0 spiro atoms. The Labute approximate surface area is 99.0 Å². The van der Waals surface area contributed by atoms with Gasteiger partial charge in [-0.1, -0.05) is 0 Å². The van der Waals surface area contributed by atoms with Gasteiger partial charge in [-0.15, -0.1) is 0 Å². The lowest BCUT2D eigenvalue weighted by atomic mass is 10.2. The smallest absolute Gasteiger partial charge is 0.354 e. The van der Waals surface area contributed by atoms with Gasteiger partial charge in [0.2, 0.25) is 0 Å². The van der Waals surface area contributed by atoms with Gasteiger partial charge in [0.25, 0.3) is 0 Å². The van der Waals surface area contributed by atoms with Gasteiger partial charge in [-0.2, -0.15) is 0 Å². The molecule has 0 bridgehead atoms. The van der Waals surface area contributed by atoms with Gasteiger partial charge in [0, 0.05) is 19.2 Å². The predicted octanol–water partition coefficient (Wildman–Crippen LogP) is 1.07. The van der Waals surface area contributed by atoms with Crippen LogP contribution in [-0.4, -0.2) is 40.3 Å². The molecule has 1 aliphatic heterocycles. The number of nitrogens with zero attached hydrogens (tertiary/aromatic N) is 2. The molecular weight excluding hydrogens is 222 g/mol. The molecule has 1 aromatic rings. The summed E-state index contributed by atoms with van der Waals surface area (Å²) >= 11 is 0. The number of ether oxygens (including phenoxy) is 1. The maximum atomic E-state index is 10.8. The molecule has 1 unspecified atom stereocenters. The second kappa shape index (κ2) is 5.09. The minimum atomic E-state index is -1.05. The molecule has 6 nitrogen and oxygen atoms in total. The molecule has 0 aliphatic carbocycles. The topological polar surface area (TPSA) is 84.3 Å². The van der Waals surface area contributed by atoms with Gasteiger partial charge in [-0.25, -0.2) is 14.8 Å². The highest BCUT2D eigenvalue weighted by atomic mass is 16.5. The number of aryl methyl sites for hydroxylation is 1. The Morgan fingerprint density at radius 1 is 1.65 bits per heavy atom. The summed E-state index contributed by atoms with van der Waals surface area (Å²) in [5.41, 5.74) is 0.00680. The Bertz CT molecular complexity index is 416.